The van der Waals surface area contributed by atoms with Crippen LogP contribution in [0.2, 0.25) is 0 Å². The van der Waals surface area contributed by atoms with E-state index in [4.69, 9.17) is 4.74 Å². The van der Waals surface area contributed by atoms with E-state index < -0.39 is 0 Å². The summed E-state index contributed by atoms with van der Waals surface area (Å²) < 4.78 is 5.77. The van der Waals surface area contributed by atoms with Crippen molar-refractivity contribution in [3.63, 3.8) is 0 Å². The number of hydrogen-bond acceptors (Lipinski definition) is 4. The first kappa shape index (κ1) is 19.8. The molecule has 5 heteroatoms. The summed E-state index contributed by atoms with van der Waals surface area (Å²) in [5, 5.41) is 2.94. The Hall–Kier alpha value is -2.56. The number of carbonyl (C=O) groups is 1. The maximum Gasteiger partial charge on any atom is 0.257 e. The topological polar surface area (TPSA) is 54.5 Å². The highest BCUT2D eigenvalue weighted by Gasteiger charge is 2.13. The summed E-state index contributed by atoms with van der Waals surface area (Å²) in [5.41, 5.74) is 2.18. The molecule has 0 saturated heterocycles. The fourth-order valence-corrected chi connectivity index (χ4v) is 2.76. The Morgan fingerprint density at radius 2 is 1.85 bits per heavy atom. The zero-order valence-electron chi connectivity index (χ0n) is 16.2. The third kappa shape index (κ3) is 5.48. The normalized spacial score (nSPS) is 10.7. The van der Waals surface area contributed by atoms with Crippen molar-refractivity contribution >= 4 is 17.3 Å². The van der Waals surface area contributed by atoms with E-state index in [2.05, 4.69) is 29.0 Å². The second-order valence-electron chi connectivity index (χ2n) is 6.54. The summed E-state index contributed by atoms with van der Waals surface area (Å²) in [6.07, 6.45) is 5.56. The van der Waals surface area contributed by atoms with Crippen LogP contribution in [0.3, 0.4) is 0 Å². The fraction of sp³-hybridized carbons (Fsp3) is 0.429. The number of anilines is 2. The quantitative estimate of drug-likeness (QED) is 0.705. The van der Waals surface area contributed by atoms with Crippen molar-refractivity contribution in [2.45, 2.75) is 46.6 Å². The third-order valence-corrected chi connectivity index (χ3v) is 3.84. The van der Waals surface area contributed by atoms with Crippen LogP contribution < -0.4 is 15.0 Å². The summed E-state index contributed by atoms with van der Waals surface area (Å²) >= 11 is 0. The molecule has 1 N–H and O–H groups in total. The minimum absolute atomic E-state index is 0.0368. The number of hydrogen-bond donors (Lipinski definition) is 1. The summed E-state index contributed by atoms with van der Waals surface area (Å²) in [4.78, 5) is 19.3. The van der Waals surface area contributed by atoms with E-state index in [-0.39, 0.29) is 12.0 Å². The van der Waals surface area contributed by atoms with E-state index in [0.29, 0.717) is 17.0 Å². The summed E-state index contributed by atoms with van der Waals surface area (Å²) in [6.45, 7) is 10.1. The number of nitrogens with zero attached hydrogens (tertiary/aromatic N) is 2. The van der Waals surface area contributed by atoms with Gasteiger partial charge in [-0.05, 0) is 44.9 Å². The Kier molecular flexibility index (Phi) is 7.45. The van der Waals surface area contributed by atoms with Gasteiger partial charge in [-0.15, -0.1) is 0 Å². The number of benzene rings is 1. The molecule has 0 aliphatic rings. The van der Waals surface area contributed by atoms with E-state index in [9.17, 15) is 4.79 Å². The first-order valence-corrected chi connectivity index (χ1v) is 9.32. The molecule has 2 rings (SSSR count). The van der Waals surface area contributed by atoms with Gasteiger partial charge in [0.25, 0.3) is 5.91 Å². The molecule has 0 atom stereocenters. The highest BCUT2D eigenvalue weighted by molar-refractivity contribution is 6.05. The second-order valence-corrected chi connectivity index (χ2v) is 6.54. The van der Waals surface area contributed by atoms with Gasteiger partial charge >= 0.3 is 0 Å². The maximum absolute atomic E-state index is 12.7. The van der Waals surface area contributed by atoms with Crippen LogP contribution >= 0.6 is 0 Å². The lowest BCUT2D eigenvalue weighted by atomic mass is 10.2. The molecule has 26 heavy (non-hydrogen) atoms. The van der Waals surface area contributed by atoms with Gasteiger partial charge < -0.3 is 15.0 Å². The van der Waals surface area contributed by atoms with Crippen LogP contribution in [0.4, 0.5) is 11.4 Å². The van der Waals surface area contributed by atoms with E-state index >= 15 is 0 Å². The van der Waals surface area contributed by atoms with Crippen LogP contribution in [-0.4, -0.2) is 30.1 Å². The summed E-state index contributed by atoms with van der Waals surface area (Å²) in [6, 6.07) is 9.37. The van der Waals surface area contributed by atoms with E-state index in [1.165, 1.54) is 0 Å². The van der Waals surface area contributed by atoms with Crippen molar-refractivity contribution in [2.75, 3.05) is 23.3 Å². The van der Waals surface area contributed by atoms with Gasteiger partial charge in [0, 0.05) is 19.3 Å². The zero-order chi connectivity index (χ0) is 18.9. The van der Waals surface area contributed by atoms with Crippen molar-refractivity contribution in [1.82, 2.24) is 4.98 Å². The number of ether oxygens (including phenoxy) is 1. The lowest BCUT2D eigenvalue weighted by Gasteiger charge is -2.23. The lowest BCUT2D eigenvalue weighted by molar-refractivity contribution is 0.102. The standard InChI is InChI=1S/C21H29N3O2/c1-5-11-24(12-6-2)18-13-17(14-22-15-18)21(25)23-19-9-7-8-10-20(19)26-16(3)4/h7-10,13-16H,5-6,11-12H2,1-4H3,(H,23,25). The molecule has 1 heterocycles. The number of aromatic nitrogens is 1. The Bertz CT molecular complexity index is 710. The third-order valence-electron chi connectivity index (χ3n) is 3.84. The molecule has 0 unspecified atom stereocenters. The molecule has 0 bridgehead atoms. The van der Waals surface area contributed by atoms with Gasteiger partial charge in [0.05, 0.1) is 29.2 Å². The Morgan fingerprint density at radius 1 is 1.15 bits per heavy atom. The Balaban J connectivity index is 2.19. The average Bonchev–Trinajstić information content (AvgIpc) is 2.63. The predicted molar refractivity (Wildman–Crippen MR) is 107 cm³/mol. The Morgan fingerprint density at radius 3 is 2.50 bits per heavy atom. The van der Waals surface area contributed by atoms with Crippen molar-refractivity contribution in [1.29, 1.82) is 0 Å². The minimum Gasteiger partial charge on any atom is -0.489 e. The van der Waals surface area contributed by atoms with Crippen LogP contribution in [0.25, 0.3) is 0 Å². The molecule has 0 spiro atoms. The lowest BCUT2D eigenvalue weighted by Crippen LogP contribution is -2.25. The number of carbonyl (C=O) groups excluding carboxylic acids is 1. The van der Waals surface area contributed by atoms with Gasteiger partial charge in [-0.2, -0.15) is 0 Å². The summed E-state index contributed by atoms with van der Waals surface area (Å²) in [5.74, 6) is 0.477. The smallest absolute Gasteiger partial charge is 0.257 e. The fourth-order valence-electron chi connectivity index (χ4n) is 2.76. The SMILES string of the molecule is CCCN(CCC)c1cncc(C(=O)Nc2ccccc2OC(C)C)c1. The van der Waals surface area contributed by atoms with Gasteiger partial charge in [-0.1, -0.05) is 26.0 Å². The second kappa shape index (κ2) is 9.80. The van der Waals surface area contributed by atoms with Crippen LogP contribution in [0.5, 0.6) is 5.75 Å². The first-order valence-electron chi connectivity index (χ1n) is 9.32. The average molecular weight is 355 g/mol. The molecular formula is C21H29N3O2. The highest BCUT2D eigenvalue weighted by Crippen LogP contribution is 2.26. The molecule has 0 aliphatic carbocycles. The van der Waals surface area contributed by atoms with E-state index in [1.54, 1.807) is 6.20 Å². The number of rotatable bonds is 9. The molecule has 5 nitrogen and oxygen atoms in total. The van der Waals surface area contributed by atoms with Crippen LogP contribution in [0.15, 0.2) is 42.7 Å². The van der Waals surface area contributed by atoms with Crippen molar-refractivity contribution in [3.05, 3.63) is 48.3 Å². The van der Waals surface area contributed by atoms with Gasteiger partial charge in [-0.25, -0.2) is 0 Å². The monoisotopic (exact) mass is 355 g/mol. The zero-order valence-corrected chi connectivity index (χ0v) is 16.2. The van der Waals surface area contributed by atoms with Crippen LogP contribution in [0.1, 0.15) is 50.9 Å². The summed E-state index contributed by atoms with van der Waals surface area (Å²) in [7, 11) is 0. The van der Waals surface area contributed by atoms with Gasteiger partial charge in [-0.3, -0.25) is 9.78 Å². The van der Waals surface area contributed by atoms with Crippen molar-refractivity contribution < 1.29 is 9.53 Å². The van der Waals surface area contributed by atoms with Crippen LogP contribution in [0, 0.1) is 0 Å². The number of para-hydroxylation sites is 2. The van der Waals surface area contributed by atoms with Crippen molar-refractivity contribution in [3.8, 4) is 5.75 Å². The molecular weight excluding hydrogens is 326 g/mol. The van der Waals surface area contributed by atoms with E-state index in [1.807, 2.05) is 50.4 Å². The molecule has 0 aliphatic heterocycles. The molecule has 1 aromatic heterocycles. The van der Waals surface area contributed by atoms with Gasteiger partial charge in [0.1, 0.15) is 5.75 Å². The van der Waals surface area contributed by atoms with E-state index in [0.717, 1.165) is 31.6 Å². The predicted octanol–water partition coefficient (Wildman–Crippen LogP) is 4.75. The molecule has 1 aromatic carbocycles. The number of amides is 1. The minimum atomic E-state index is -0.188. The molecule has 0 radical (unpaired) electrons. The molecule has 0 fully saturated rings. The maximum atomic E-state index is 12.7. The van der Waals surface area contributed by atoms with Crippen LogP contribution in [-0.2, 0) is 0 Å². The number of nitrogens with one attached hydrogen (secondary N) is 1. The highest BCUT2D eigenvalue weighted by atomic mass is 16.5. The largest absolute Gasteiger partial charge is 0.489 e. The molecule has 2 aromatic rings. The number of pyridine rings is 1. The van der Waals surface area contributed by atoms with Gasteiger partial charge in [0.2, 0.25) is 0 Å². The van der Waals surface area contributed by atoms with Gasteiger partial charge in [0.15, 0.2) is 0 Å². The Labute approximate surface area is 156 Å². The first-order chi connectivity index (χ1) is 12.5. The molecule has 0 saturated carbocycles. The molecule has 1 amide bonds. The van der Waals surface area contributed by atoms with Crippen molar-refractivity contribution in [2.24, 2.45) is 0 Å². The molecule has 140 valence electrons.